The van der Waals surface area contributed by atoms with Gasteiger partial charge in [0.2, 0.25) is 10.0 Å². The van der Waals surface area contributed by atoms with Crippen LogP contribution in [-0.4, -0.2) is 49.0 Å². The standard InChI is InChI=1S/C12H15NO4S.C10H13NO/c1-9-5-2-3-7-11(9)18(16,17)13-8-4-6-10(13)12(14)15;11-7-9-6-5-8-3-1-2-4-10(8)12-9/h2-3,5,7,10H,4,6,8H2,1H3,(H,14,15);1-4,9H,5-7,11H2/t10-;9-/m01/s1. The zero-order valence-corrected chi connectivity index (χ0v) is 17.8. The van der Waals surface area contributed by atoms with Gasteiger partial charge in [0.1, 0.15) is 17.9 Å². The highest BCUT2D eigenvalue weighted by molar-refractivity contribution is 7.89. The van der Waals surface area contributed by atoms with Gasteiger partial charge in [0.25, 0.3) is 0 Å². The van der Waals surface area contributed by atoms with Crippen LogP contribution in [0.1, 0.15) is 30.4 Å². The number of aliphatic carboxylic acids is 1. The van der Waals surface area contributed by atoms with Crippen LogP contribution < -0.4 is 10.5 Å². The van der Waals surface area contributed by atoms with E-state index in [2.05, 4.69) is 6.07 Å². The van der Waals surface area contributed by atoms with Crippen LogP contribution in [0.2, 0.25) is 0 Å². The molecule has 2 atom stereocenters. The number of carboxylic acid groups (broad SMARTS) is 1. The number of nitrogens with zero attached hydrogens (tertiary/aromatic N) is 1. The monoisotopic (exact) mass is 432 g/mol. The lowest BCUT2D eigenvalue weighted by atomic mass is 10.0. The summed E-state index contributed by atoms with van der Waals surface area (Å²) in [6.45, 7) is 2.60. The maximum Gasteiger partial charge on any atom is 0.322 e. The number of benzene rings is 2. The van der Waals surface area contributed by atoms with Gasteiger partial charge in [-0.25, -0.2) is 8.42 Å². The van der Waals surface area contributed by atoms with Crippen molar-refractivity contribution in [3.8, 4) is 5.75 Å². The van der Waals surface area contributed by atoms with E-state index in [4.69, 9.17) is 15.6 Å². The first-order valence-electron chi connectivity index (χ1n) is 10.1. The molecule has 3 N–H and O–H groups in total. The Labute approximate surface area is 177 Å². The molecule has 0 radical (unpaired) electrons. The Morgan fingerprint density at radius 3 is 2.57 bits per heavy atom. The number of carboxylic acids is 1. The Kier molecular flexibility index (Phi) is 7.12. The quantitative estimate of drug-likeness (QED) is 0.768. The summed E-state index contributed by atoms with van der Waals surface area (Å²) in [4.78, 5) is 11.3. The molecule has 8 heteroatoms. The highest BCUT2D eigenvalue weighted by Gasteiger charge is 2.39. The molecule has 2 heterocycles. The Morgan fingerprint density at radius 2 is 1.87 bits per heavy atom. The van der Waals surface area contributed by atoms with E-state index in [0.717, 1.165) is 22.9 Å². The second-order valence-corrected chi connectivity index (χ2v) is 9.36. The number of ether oxygens (including phenoxy) is 1. The molecule has 2 aliphatic rings. The molecule has 2 aliphatic heterocycles. The van der Waals surface area contributed by atoms with Gasteiger partial charge in [-0.05, 0) is 55.9 Å². The molecule has 0 saturated carbocycles. The molecule has 2 aromatic rings. The molecule has 0 bridgehead atoms. The van der Waals surface area contributed by atoms with Crippen molar-refractivity contribution in [1.82, 2.24) is 4.31 Å². The minimum atomic E-state index is -3.71. The topological polar surface area (TPSA) is 110 Å². The zero-order chi connectivity index (χ0) is 21.7. The minimum absolute atomic E-state index is 0.193. The fourth-order valence-corrected chi connectivity index (χ4v) is 5.67. The van der Waals surface area contributed by atoms with Gasteiger partial charge in [0.15, 0.2) is 0 Å². The van der Waals surface area contributed by atoms with Crippen molar-refractivity contribution in [2.24, 2.45) is 5.73 Å². The molecule has 30 heavy (non-hydrogen) atoms. The number of aryl methyl sites for hydroxylation is 2. The van der Waals surface area contributed by atoms with Gasteiger partial charge in [-0.3, -0.25) is 4.79 Å². The van der Waals surface area contributed by atoms with E-state index in [0.29, 0.717) is 24.9 Å². The predicted octanol–water partition coefficient (Wildman–Crippen LogP) is 2.57. The maximum atomic E-state index is 12.4. The molecular weight excluding hydrogens is 404 g/mol. The third kappa shape index (κ3) is 4.83. The molecular formula is C22H28N2O5S. The second kappa shape index (κ2) is 9.59. The summed E-state index contributed by atoms with van der Waals surface area (Å²) in [5.41, 5.74) is 7.48. The largest absolute Gasteiger partial charge is 0.489 e. The van der Waals surface area contributed by atoms with E-state index in [-0.39, 0.29) is 17.5 Å². The first kappa shape index (κ1) is 22.3. The van der Waals surface area contributed by atoms with Crippen LogP contribution in [0.15, 0.2) is 53.4 Å². The van der Waals surface area contributed by atoms with Gasteiger partial charge in [-0.1, -0.05) is 36.4 Å². The summed E-state index contributed by atoms with van der Waals surface area (Å²) in [7, 11) is -3.71. The molecule has 7 nitrogen and oxygen atoms in total. The number of para-hydroxylation sites is 1. The molecule has 0 unspecified atom stereocenters. The summed E-state index contributed by atoms with van der Waals surface area (Å²) < 4.78 is 31.6. The molecule has 1 saturated heterocycles. The SMILES string of the molecule is Cc1ccccc1S(=O)(=O)N1CCC[C@H]1C(=O)O.NC[C@H]1CCc2ccccc2O1. The van der Waals surface area contributed by atoms with Gasteiger partial charge in [0, 0.05) is 13.1 Å². The van der Waals surface area contributed by atoms with E-state index < -0.39 is 22.0 Å². The summed E-state index contributed by atoms with van der Waals surface area (Å²) in [6.07, 6.45) is 3.33. The van der Waals surface area contributed by atoms with Crippen LogP contribution in [0.3, 0.4) is 0 Å². The minimum Gasteiger partial charge on any atom is -0.489 e. The molecule has 0 aliphatic carbocycles. The summed E-state index contributed by atoms with van der Waals surface area (Å²) >= 11 is 0. The maximum absolute atomic E-state index is 12.4. The molecule has 162 valence electrons. The number of sulfonamides is 1. The highest BCUT2D eigenvalue weighted by atomic mass is 32.2. The molecule has 0 spiro atoms. The van der Waals surface area contributed by atoms with Crippen molar-refractivity contribution in [1.29, 1.82) is 0 Å². The smallest absolute Gasteiger partial charge is 0.322 e. The van der Waals surface area contributed by atoms with Gasteiger partial charge in [0.05, 0.1) is 4.90 Å². The Bertz CT molecular complexity index is 993. The first-order valence-corrected chi connectivity index (χ1v) is 11.5. The van der Waals surface area contributed by atoms with Crippen LogP contribution >= 0.6 is 0 Å². The van der Waals surface area contributed by atoms with Gasteiger partial charge >= 0.3 is 5.97 Å². The molecule has 0 aromatic heterocycles. The van der Waals surface area contributed by atoms with Crippen LogP contribution in [0.25, 0.3) is 0 Å². The number of rotatable bonds is 4. The number of hydrogen-bond donors (Lipinski definition) is 2. The van der Waals surface area contributed by atoms with Crippen molar-refractivity contribution >= 4 is 16.0 Å². The van der Waals surface area contributed by atoms with Crippen molar-refractivity contribution in [2.45, 2.75) is 49.6 Å². The third-order valence-corrected chi connectivity index (χ3v) is 7.50. The lowest BCUT2D eigenvalue weighted by molar-refractivity contribution is -0.140. The van der Waals surface area contributed by atoms with Gasteiger partial charge < -0.3 is 15.6 Å². The first-order chi connectivity index (χ1) is 14.3. The molecule has 2 aromatic carbocycles. The second-order valence-electron chi connectivity index (χ2n) is 7.50. The van der Waals surface area contributed by atoms with Crippen LogP contribution in [0, 0.1) is 6.92 Å². The fraction of sp³-hybridized carbons (Fsp3) is 0.409. The summed E-state index contributed by atoms with van der Waals surface area (Å²) in [5, 5.41) is 9.06. The lowest BCUT2D eigenvalue weighted by Gasteiger charge is -2.24. The summed E-state index contributed by atoms with van der Waals surface area (Å²) in [5.74, 6) is -0.0659. The Hall–Kier alpha value is -2.42. The normalized spacial score (nSPS) is 21.1. The number of carbonyl (C=O) groups is 1. The van der Waals surface area contributed by atoms with E-state index in [1.54, 1.807) is 25.1 Å². The van der Waals surface area contributed by atoms with Crippen molar-refractivity contribution < 1.29 is 23.1 Å². The highest BCUT2D eigenvalue weighted by Crippen LogP contribution is 2.28. The van der Waals surface area contributed by atoms with E-state index in [1.165, 1.54) is 11.6 Å². The predicted molar refractivity (Wildman–Crippen MR) is 114 cm³/mol. The fourth-order valence-electron chi connectivity index (χ4n) is 3.79. The Balaban J connectivity index is 0.000000184. The van der Waals surface area contributed by atoms with Gasteiger partial charge in [-0.2, -0.15) is 4.31 Å². The average molecular weight is 433 g/mol. The molecule has 0 amide bonds. The third-order valence-electron chi connectivity index (χ3n) is 5.43. The Morgan fingerprint density at radius 1 is 1.17 bits per heavy atom. The number of fused-ring (bicyclic) bond motifs is 1. The number of hydrogen-bond acceptors (Lipinski definition) is 5. The van der Waals surface area contributed by atoms with E-state index in [1.807, 2.05) is 18.2 Å². The average Bonchev–Trinajstić information content (AvgIpc) is 3.25. The lowest BCUT2D eigenvalue weighted by Crippen LogP contribution is -2.40. The van der Waals surface area contributed by atoms with Crippen LogP contribution in [0.5, 0.6) is 5.75 Å². The summed E-state index contributed by atoms with van der Waals surface area (Å²) in [6, 6.07) is 13.9. The van der Waals surface area contributed by atoms with Crippen molar-refractivity contribution in [3.05, 3.63) is 59.7 Å². The van der Waals surface area contributed by atoms with E-state index >= 15 is 0 Å². The van der Waals surface area contributed by atoms with Gasteiger partial charge in [-0.15, -0.1) is 0 Å². The van der Waals surface area contributed by atoms with Crippen molar-refractivity contribution in [2.75, 3.05) is 13.1 Å². The molecule has 1 fully saturated rings. The number of nitrogens with two attached hydrogens (primary N) is 1. The van der Waals surface area contributed by atoms with Crippen LogP contribution in [-0.2, 0) is 21.2 Å². The van der Waals surface area contributed by atoms with Crippen LogP contribution in [0.4, 0.5) is 0 Å². The molecule has 4 rings (SSSR count). The zero-order valence-electron chi connectivity index (χ0n) is 17.0. The van der Waals surface area contributed by atoms with Crippen molar-refractivity contribution in [3.63, 3.8) is 0 Å². The van der Waals surface area contributed by atoms with E-state index in [9.17, 15) is 13.2 Å².